The minimum Gasteiger partial charge on any atom is -0.323 e. The van der Waals surface area contributed by atoms with Gasteiger partial charge in [-0.3, -0.25) is 9.78 Å². The summed E-state index contributed by atoms with van der Waals surface area (Å²) >= 11 is 0. The van der Waals surface area contributed by atoms with Crippen LogP contribution in [0.3, 0.4) is 0 Å². The number of nitrogens with zero attached hydrogens (tertiary/aromatic N) is 1. The molecular formula is C12H17N3O. The number of hydrogen-bond acceptors (Lipinski definition) is 3. The maximum atomic E-state index is 11.9. The van der Waals surface area contributed by atoms with Gasteiger partial charge >= 0.3 is 0 Å². The molecule has 1 amide bonds. The van der Waals surface area contributed by atoms with Gasteiger partial charge in [0.25, 0.3) is 0 Å². The second-order valence-corrected chi connectivity index (χ2v) is 4.24. The highest BCUT2D eigenvalue weighted by atomic mass is 16.2. The van der Waals surface area contributed by atoms with Gasteiger partial charge in [-0.1, -0.05) is 6.42 Å². The highest BCUT2D eigenvalue weighted by molar-refractivity contribution is 5.94. The number of carbonyl (C=O) groups is 1. The van der Waals surface area contributed by atoms with Crippen molar-refractivity contribution in [3.8, 4) is 0 Å². The lowest BCUT2D eigenvalue weighted by molar-refractivity contribution is -0.118. The number of pyridine rings is 1. The molecule has 1 saturated heterocycles. The molecule has 0 aromatic carbocycles. The van der Waals surface area contributed by atoms with E-state index in [4.69, 9.17) is 0 Å². The summed E-state index contributed by atoms with van der Waals surface area (Å²) < 4.78 is 0. The van der Waals surface area contributed by atoms with Crippen molar-refractivity contribution < 1.29 is 4.79 Å². The molecule has 16 heavy (non-hydrogen) atoms. The number of hydrogen-bond donors (Lipinski definition) is 2. The molecule has 0 spiro atoms. The van der Waals surface area contributed by atoms with E-state index in [0.29, 0.717) is 0 Å². The number of rotatable bonds is 2. The summed E-state index contributed by atoms with van der Waals surface area (Å²) in [5.41, 5.74) is 1.83. The largest absolute Gasteiger partial charge is 0.323 e. The van der Waals surface area contributed by atoms with Gasteiger partial charge in [0.2, 0.25) is 5.91 Å². The number of aromatic nitrogens is 1. The zero-order valence-corrected chi connectivity index (χ0v) is 9.49. The van der Waals surface area contributed by atoms with Gasteiger partial charge in [-0.05, 0) is 37.9 Å². The maximum absolute atomic E-state index is 11.9. The molecule has 0 saturated carbocycles. The second kappa shape index (κ2) is 5.07. The number of anilines is 1. The molecule has 1 fully saturated rings. The average Bonchev–Trinajstić information content (AvgIpc) is 2.30. The minimum absolute atomic E-state index is 0.0470. The SMILES string of the molecule is Cc1cncc(NC(=O)C2CCCCN2)c1. The molecule has 0 radical (unpaired) electrons. The third-order valence-electron chi connectivity index (χ3n) is 2.77. The van der Waals surface area contributed by atoms with E-state index in [9.17, 15) is 4.79 Å². The van der Waals surface area contributed by atoms with E-state index >= 15 is 0 Å². The molecule has 2 N–H and O–H groups in total. The van der Waals surface area contributed by atoms with Crippen LogP contribution >= 0.6 is 0 Å². The third kappa shape index (κ3) is 2.79. The standard InChI is InChI=1S/C12H17N3O/c1-9-6-10(8-13-7-9)15-12(16)11-4-2-3-5-14-11/h6-8,11,14H,2-5H2,1H3,(H,15,16). The Morgan fingerprint density at radius 2 is 2.38 bits per heavy atom. The van der Waals surface area contributed by atoms with Crippen molar-refractivity contribution in [3.63, 3.8) is 0 Å². The number of carbonyl (C=O) groups excluding carboxylic acids is 1. The normalized spacial score (nSPS) is 20.4. The predicted octanol–water partition coefficient (Wildman–Crippen LogP) is 1.47. The Kier molecular flexibility index (Phi) is 3.51. The van der Waals surface area contributed by atoms with Crippen LogP contribution in [0.5, 0.6) is 0 Å². The van der Waals surface area contributed by atoms with Crippen molar-refractivity contribution in [1.29, 1.82) is 0 Å². The quantitative estimate of drug-likeness (QED) is 0.792. The first-order chi connectivity index (χ1) is 7.75. The Hall–Kier alpha value is -1.42. The van der Waals surface area contributed by atoms with Crippen molar-refractivity contribution in [2.45, 2.75) is 32.2 Å². The van der Waals surface area contributed by atoms with Gasteiger partial charge in [0, 0.05) is 6.20 Å². The fourth-order valence-corrected chi connectivity index (χ4v) is 1.93. The lowest BCUT2D eigenvalue weighted by atomic mass is 10.0. The molecule has 86 valence electrons. The van der Waals surface area contributed by atoms with Crippen molar-refractivity contribution >= 4 is 11.6 Å². The van der Waals surface area contributed by atoms with Gasteiger partial charge in [-0.15, -0.1) is 0 Å². The Labute approximate surface area is 95.5 Å². The van der Waals surface area contributed by atoms with Gasteiger partial charge in [0.15, 0.2) is 0 Å². The molecule has 0 aliphatic carbocycles. The maximum Gasteiger partial charge on any atom is 0.241 e. The van der Waals surface area contributed by atoms with Gasteiger partial charge in [0.05, 0.1) is 17.9 Å². The Morgan fingerprint density at radius 3 is 3.06 bits per heavy atom. The summed E-state index contributed by atoms with van der Waals surface area (Å²) in [6.45, 7) is 2.89. The van der Waals surface area contributed by atoms with E-state index in [0.717, 1.165) is 37.1 Å². The van der Waals surface area contributed by atoms with E-state index in [-0.39, 0.29) is 11.9 Å². The summed E-state index contributed by atoms with van der Waals surface area (Å²) in [7, 11) is 0. The molecule has 1 unspecified atom stereocenters. The summed E-state index contributed by atoms with van der Waals surface area (Å²) in [4.78, 5) is 15.9. The molecule has 4 heteroatoms. The van der Waals surface area contributed by atoms with Crippen LogP contribution in [-0.4, -0.2) is 23.5 Å². The summed E-state index contributed by atoms with van der Waals surface area (Å²) in [6.07, 6.45) is 6.65. The number of amides is 1. The summed E-state index contributed by atoms with van der Waals surface area (Å²) in [5, 5.41) is 6.11. The topological polar surface area (TPSA) is 54.0 Å². The number of aryl methyl sites for hydroxylation is 1. The third-order valence-corrected chi connectivity index (χ3v) is 2.77. The summed E-state index contributed by atoms with van der Waals surface area (Å²) in [6, 6.07) is 1.88. The van der Waals surface area contributed by atoms with Crippen LogP contribution in [0.4, 0.5) is 5.69 Å². The molecule has 4 nitrogen and oxygen atoms in total. The Balaban J connectivity index is 1.96. The number of piperidine rings is 1. The van der Waals surface area contributed by atoms with Crippen LogP contribution in [0, 0.1) is 6.92 Å². The minimum atomic E-state index is -0.0470. The molecule has 1 aliphatic heterocycles. The lowest BCUT2D eigenvalue weighted by Gasteiger charge is -2.22. The van der Waals surface area contributed by atoms with Crippen molar-refractivity contribution in [2.75, 3.05) is 11.9 Å². The van der Waals surface area contributed by atoms with E-state index in [1.54, 1.807) is 12.4 Å². The molecule has 2 rings (SSSR count). The molecule has 1 aromatic heterocycles. The number of nitrogens with one attached hydrogen (secondary N) is 2. The fourth-order valence-electron chi connectivity index (χ4n) is 1.93. The Morgan fingerprint density at radius 1 is 1.50 bits per heavy atom. The zero-order chi connectivity index (χ0) is 11.4. The van der Waals surface area contributed by atoms with Gasteiger partial charge in [-0.2, -0.15) is 0 Å². The van der Waals surface area contributed by atoms with Crippen LogP contribution in [0.2, 0.25) is 0 Å². The average molecular weight is 219 g/mol. The molecule has 1 atom stereocenters. The molecule has 1 aliphatic rings. The van der Waals surface area contributed by atoms with Crippen LogP contribution < -0.4 is 10.6 Å². The monoisotopic (exact) mass is 219 g/mol. The van der Waals surface area contributed by atoms with E-state index in [1.165, 1.54) is 0 Å². The van der Waals surface area contributed by atoms with Gasteiger partial charge < -0.3 is 10.6 Å². The first-order valence-electron chi connectivity index (χ1n) is 5.71. The molecular weight excluding hydrogens is 202 g/mol. The van der Waals surface area contributed by atoms with E-state index in [1.807, 2.05) is 13.0 Å². The van der Waals surface area contributed by atoms with Gasteiger partial charge in [0.1, 0.15) is 0 Å². The summed E-state index contributed by atoms with van der Waals surface area (Å²) in [5.74, 6) is 0.0482. The first kappa shape index (κ1) is 11.1. The first-order valence-corrected chi connectivity index (χ1v) is 5.71. The molecule has 1 aromatic rings. The molecule has 2 heterocycles. The van der Waals surface area contributed by atoms with Crippen LogP contribution in [0.15, 0.2) is 18.5 Å². The lowest BCUT2D eigenvalue weighted by Crippen LogP contribution is -2.43. The van der Waals surface area contributed by atoms with Gasteiger partial charge in [-0.25, -0.2) is 0 Å². The van der Waals surface area contributed by atoms with Crippen molar-refractivity contribution in [2.24, 2.45) is 0 Å². The highest BCUT2D eigenvalue weighted by Crippen LogP contribution is 2.11. The van der Waals surface area contributed by atoms with Crippen molar-refractivity contribution in [1.82, 2.24) is 10.3 Å². The second-order valence-electron chi connectivity index (χ2n) is 4.24. The van der Waals surface area contributed by atoms with E-state index < -0.39 is 0 Å². The predicted molar refractivity (Wildman–Crippen MR) is 63.2 cm³/mol. The molecule has 0 bridgehead atoms. The Bertz CT molecular complexity index is 372. The highest BCUT2D eigenvalue weighted by Gasteiger charge is 2.20. The smallest absolute Gasteiger partial charge is 0.241 e. The zero-order valence-electron chi connectivity index (χ0n) is 9.49. The van der Waals surface area contributed by atoms with Crippen molar-refractivity contribution in [3.05, 3.63) is 24.0 Å². The van der Waals surface area contributed by atoms with Crippen LogP contribution in [0.1, 0.15) is 24.8 Å². The van der Waals surface area contributed by atoms with E-state index in [2.05, 4.69) is 15.6 Å². The van der Waals surface area contributed by atoms with Crippen LogP contribution in [0.25, 0.3) is 0 Å². The fraction of sp³-hybridized carbons (Fsp3) is 0.500. The van der Waals surface area contributed by atoms with Crippen LogP contribution in [-0.2, 0) is 4.79 Å².